The summed E-state index contributed by atoms with van der Waals surface area (Å²) in [7, 11) is 0. The molecule has 0 spiro atoms. The highest BCUT2D eigenvalue weighted by molar-refractivity contribution is 6.33. The zero-order valence-electron chi connectivity index (χ0n) is 13.6. The first-order chi connectivity index (χ1) is 12.5. The molecular weight excluding hydrogens is 375 g/mol. The molecule has 3 rings (SSSR count). The maximum atomic E-state index is 11.0. The maximum Gasteiger partial charge on any atom is 0.335 e. The molecule has 0 saturated carbocycles. The quantitative estimate of drug-likeness (QED) is 0.493. The van der Waals surface area contributed by atoms with E-state index in [-0.39, 0.29) is 5.56 Å². The Hall–Kier alpha value is -2.83. The van der Waals surface area contributed by atoms with E-state index < -0.39 is 5.97 Å². The van der Waals surface area contributed by atoms with Crippen molar-refractivity contribution in [3.63, 3.8) is 0 Å². The van der Waals surface area contributed by atoms with Crippen molar-refractivity contribution in [3.8, 4) is 5.69 Å². The van der Waals surface area contributed by atoms with Crippen molar-refractivity contribution in [1.82, 2.24) is 9.78 Å². The number of carboxylic acid groups (broad SMARTS) is 1. The Morgan fingerprint density at radius 2 is 1.96 bits per heavy atom. The molecule has 0 unspecified atom stereocenters. The number of carboxylic acids is 1. The van der Waals surface area contributed by atoms with Crippen molar-refractivity contribution in [2.75, 3.05) is 5.43 Å². The van der Waals surface area contributed by atoms with Crippen LogP contribution in [0, 0.1) is 6.92 Å². The molecule has 0 aliphatic heterocycles. The fourth-order valence-electron chi connectivity index (χ4n) is 2.31. The molecule has 1 heterocycles. The molecular formula is C18H14Cl2N4O2. The number of aromatic nitrogens is 2. The molecule has 3 aromatic rings. The number of nitrogens with one attached hydrogen (secondary N) is 1. The third-order valence-electron chi connectivity index (χ3n) is 3.64. The first-order valence-corrected chi connectivity index (χ1v) is 8.35. The van der Waals surface area contributed by atoms with Gasteiger partial charge in [0.15, 0.2) is 0 Å². The van der Waals surface area contributed by atoms with Gasteiger partial charge >= 0.3 is 5.97 Å². The van der Waals surface area contributed by atoms with E-state index in [1.807, 2.05) is 37.3 Å². The van der Waals surface area contributed by atoms with E-state index in [4.69, 9.17) is 28.3 Å². The molecule has 8 heteroatoms. The van der Waals surface area contributed by atoms with Crippen LogP contribution in [-0.4, -0.2) is 27.1 Å². The minimum atomic E-state index is -1.04. The average molecular weight is 389 g/mol. The zero-order valence-corrected chi connectivity index (χ0v) is 15.2. The number of benzene rings is 2. The predicted molar refractivity (Wildman–Crippen MR) is 103 cm³/mol. The van der Waals surface area contributed by atoms with Crippen molar-refractivity contribution in [1.29, 1.82) is 0 Å². The highest BCUT2D eigenvalue weighted by Crippen LogP contribution is 2.24. The summed E-state index contributed by atoms with van der Waals surface area (Å²) >= 11 is 12.5. The van der Waals surface area contributed by atoms with Gasteiger partial charge in [0, 0.05) is 0 Å². The van der Waals surface area contributed by atoms with E-state index in [0.717, 1.165) is 5.69 Å². The first-order valence-electron chi connectivity index (χ1n) is 7.60. The van der Waals surface area contributed by atoms with Crippen LogP contribution in [0.25, 0.3) is 5.69 Å². The average Bonchev–Trinajstić information content (AvgIpc) is 2.92. The second-order valence-electron chi connectivity index (χ2n) is 5.41. The number of para-hydroxylation sites is 1. The lowest BCUT2D eigenvalue weighted by molar-refractivity contribution is 0.0697. The second kappa shape index (κ2) is 7.59. The van der Waals surface area contributed by atoms with Gasteiger partial charge in [0.1, 0.15) is 5.15 Å². The Balaban J connectivity index is 1.85. The van der Waals surface area contributed by atoms with E-state index in [1.54, 1.807) is 4.68 Å². The van der Waals surface area contributed by atoms with E-state index >= 15 is 0 Å². The molecule has 2 N–H and O–H groups in total. The molecule has 0 aliphatic carbocycles. The van der Waals surface area contributed by atoms with E-state index in [0.29, 0.717) is 27.1 Å². The number of rotatable bonds is 5. The Kier molecular flexibility index (Phi) is 5.25. The number of hydrazone groups is 1. The number of hydrogen-bond donors (Lipinski definition) is 2. The van der Waals surface area contributed by atoms with E-state index in [9.17, 15) is 4.79 Å². The monoisotopic (exact) mass is 388 g/mol. The first kappa shape index (κ1) is 18.0. The standard InChI is InChI=1S/C18H14Cl2N4O2/c1-11-14(17(20)24(23-11)13-5-3-2-4-6-13)10-21-22-16-9-12(18(25)26)7-8-15(16)19/h2-10,22H,1H3,(H,25,26)/b21-10-. The Morgan fingerprint density at radius 3 is 2.65 bits per heavy atom. The van der Waals surface area contributed by atoms with E-state index in [1.165, 1.54) is 24.4 Å². The third-order valence-corrected chi connectivity index (χ3v) is 4.33. The van der Waals surface area contributed by atoms with Crippen molar-refractivity contribution in [2.45, 2.75) is 6.92 Å². The number of hydrogen-bond acceptors (Lipinski definition) is 4. The smallest absolute Gasteiger partial charge is 0.335 e. The van der Waals surface area contributed by atoms with E-state index in [2.05, 4.69) is 15.6 Å². The van der Waals surface area contributed by atoms with Gasteiger partial charge in [-0.3, -0.25) is 5.43 Å². The summed E-state index contributed by atoms with van der Waals surface area (Å²) in [4.78, 5) is 11.0. The summed E-state index contributed by atoms with van der Waals surface area (Å²) in [5.74, 6) is -1.04. The molecule has 0 atom stereocenters. The molecule has 6 nitrogen and oxygen atoms in total. The number of aryl methyl sites for hydroxylation is 1. The fraction of sp³-hybridized carbons (Fsp3) is 0.0556. The van der Waals surface area contributed by atoms with Gasteiger partial charge in [-0.2, -0.15) is 10.2 Å². The molecule has 2 aromatic carbocycles. The lowest BCUT2D eigenvalue weighted by atomic mass is 10.2. The molecule has 1 aromatic heterocycles. The van der Waals surface area contributed by atoms with Crippen LogP contribution in [0.3, 0.4) is 0 Å². The lowest BCUT2D eigenvalue weighted by Crippen LogP contribution is -1.99. The zero-order chi connectivity index (χ0) is 18.7. The van der Waals surface area contributed by atoms with Crippen LogP contribution in [0.1, 0.15) is 21.6 Å². The number of nitrogens with zero attached hydrogens (tertiary/aromatic N) is 3. The molecule has 0 saturated heterocycles. The second-order valence-corrected chi connectivity index (χ2v) is 6.17. The molecule has 0 amide bonds. The van der Waals surface area contributed by atoms with Crippen LogP contribution < -0.4 is 5.43 Å². The Labute approximate surface area is 159 Å². The highest BCUT2D eigenvalue weighted by atomic mass is 35.5. The van der Waals surface area contributed by atoms with Gasteiger partial charge in [-0.1, -0.05) is 41.4 Å². The Morgan fingerprint density at radius 1 is 1.23 bits per heavy atom. The number of anilines is 1. The van der Waals surface area contributed by atoms with Crippen LogP contribution in [0.4, 0.5) is 5.69 Å². The van der Waals surface area contributed by atoms with Crippen LogP contribution in [0.15, 0.2) is 53.6 Å². The summed E-state index contributed by atoms with van der Waals surface area (Å²) in [6.07, 6.45) is 1.52. The van der Waals surface area contributed by atoms with Crippen molar-refractivity contribution in [3.05, 3.63) is 75.5 Å². The minimum absolute atomic E-state index is 0.109. The molecule has 132 valence electrons. The number of halogens is 2. The fourth-order valence-corrected chi connectivity index (χ4v) is 2.79. The third kappa shape index (κ3) is 3.71. The van der Waals surface area contributed by atoms with Gasteiger partial charge < -0.3 is 5.11 Å². The Bertz CT molecular complexity index is 984. The van der Waals surface area contributed by atoms with Gasteiger partial charge in [0.2, 0.25) is 0 Å². The van der Waals surface area contributed by atoms with Gasteiger partial charge in [0.05, 0.1) is 39.4 Å². The maximum absolute atomic E-state index is 11.0. The largest absolute Gasteiger partial charge is 0.478 e. The number of aromatic carboxylic acids is 1. The minimum Gasteiger partial charge on any atom is -0.478 e. The highest BCUT2D eigenvalue weighted by Gasteiger charge is 2.13. The lowest BCUT2D eigenvalue weighted by Gasteiger charge is -2.04. The molecule has 0 fully saturated rings. The SMILES string of the molecule is Cc1nn(-c2ccccc2)c(Cl)c1/C=N\Nc1cc(C(=O)O)ccc1Cl. The summed E-state index contributed by atoms with van der Waals surface area (Å²) in [5.41, 5.74) is 5.42. The van der Waals surface area contributed by atoms with Crippen LogP contribution in [0.5, 0.6) is 0 Å². The summed E-state index contributed by atoms with van der Waals surface area (Å²) in [6, 6.07) is 13.8. The summed E-state index contributed by atoms with van der Waals surface area (Å²) < 4.78 is 1.62. The summed E-state index contributed by atoms with van der Waals surface area (Å²) in [6.45, 7) is 1.82. The van der Waals surface area contributed by atoms with Crippen LogP contribution in [0.2, 0.25) is 10.2 Å². The van der Waals surface area contributed by atoms with Gasteiger partial charge in [0.25, 0.3) is 0 Å². The molecule has 0 bridgehead atoms. The molecule has 0 aliphatic rings. The van der Waals surface area contributed by atoms with Crippen molar-refractivity contribution in [2.24, 2.45) is 5.10 Å². The topological polar surface area (TPSA) is 79.5 Å². The van der Waals surface area contributed by atoms with Crippen LogP contribution in [-0.2, 0) is 0 Å². The normalized spacial score (nSPS) is 11.0. The van der Waals surface area contributed by atoms with Crippen molar-refractivity contribution >= 4 is 41.1 Å². The number of carbonyl (C=O) groups is 1. The van der Waals surface area contributed by atoms with Crippen molar-refractivity contribution < 1.29 is 9.90 Å². The van der Waals surface area contributed by atoms with Crippen LogP contribution >= 0.6 is 23.2 Å². The molecule has 0 radical (unpaired) electrons. The predicted octanol–water partition coefficient (Wildman–Crippen LogP) is 4.63. The molecule has 26 heavy (non-hydrogen) atoms. The summed E-state index contributed by atoms with van der Waals surface area (Å²) in [5, 5.41) is 18.4. The van der Waals surface area contributed by atoms with Gasteiger partial charge in [-0.15, -0.1) is 0 Å². The van der Waals surface area contributed by atoms with Gasteiger partial charge in [-0.25, -0.2) is 9.48 Å². The van der Waals surface area contributed by atoms with Gasteiger partial charge in [-0.05, 0) is 37.3 Å².